The first-order valence-corrected chi connectivity index (χ1v) is 14.8. The van der Waals surface area contributed by atoms with Gasteiger partial charge in [-0.3, -0.25) is 0 Å². The molecule has 0 radical (unpaired) electrons. The highest BCUT2D eigenvalue weighted by Crippen LogP contribution is 2.36. The summed E-state index contributed by atoms with van der Waals surface area (Å²) >= 11 is 0. The fourth-order valence-corrected chi connectivity index (χ4v) is 9.40. The Morgan fingerprint density at radius 2 is 1.42 bits per heavy atom. The smallest absolute Gasteiger partial charge is 0.261 e. The monoisotopic (exact) mass is 499 g/mol. The summed E-state index contributed by atoms with van der Waals surface area (Å²) in [7, 11) is -2.55. The minimum Gasteiger partial charge on any atom is -0.407 e. The van der Waals surface area contributed by atoms with Crippen molar-refractivity contribution in [3.05, 3.63) is 115 Å². The fourth-order valence-electron chi connectivity index (χ4n) is 4.79. The van der Waals surface area contributed by atoms with Crippen molar-refractivity contribution in [1.82, 2.24) is 5.32 Å². The lowest BCUT2D eigenvalue weighted by Gasteiger charge is -2.43. The highest BCUT2D eigenvalue weighted by atomic mass is 28.4. The second-order valence-electron chi connectivity index (χ2n) is 10.2. The minimum atomic E-state index is -2.55. The van der Waals surface area contributed by atoms with E-state index in [2.05, 4.69) is 112 Å². The Balaban J connectivity index is 1.73. The van der Waals surface area contributed by atoms with Crippen molar-refractivity contribution >= 4 is 24.8 Å². The van der Waals surface area contributed by atoms with Crippen LogP contribution in [0.4, 0.5) is 0 Å². The quantitative estimate of drug-likeness (QED) is 0.184. The molecule has 3 aromatic carbocycles. The number of rotatable bonds is 13. The van der Waals surface area contributed by atoms with Crippen molar-refractivity contribution < 1.29 is 9.53 Å². The summed E-state index contributed by atoms with van der Waals surface area (Å²) in [5, 5.41) is 16.9. The Hall–Kier alpha value is -2.76. The third kappa shape index (κ3) is 7.14. The molecule has 0 aliphatic rings. The van der Waals surface area contributed by atoms with E-state index in [1.807, 2.05) is 30.4 Å². The van der Waals surface area contributed by atoms with Gasteiger partial charge in [0.15, 0.2) is 0 Å². The van der Waals surface area contributed by atoms with Crippen LogP contribution in [0.15, 0.2) is 110 Å². The zero-order valence-corrected chi connectivity index (χ0v) is 22.9. The van der Waals surface area contributed by atoms with Crippen LogP contribution in [0.5, 0.6) is 0 Å². The number of hydrogen-bond donors (Lipinski definition) is 2. The van der Waals surface area contributed by atoms with Gasteiger partial charge in [-0.25, -0.2) is 0 Å². The van der Waals surface area contributed by atoms with Crippen molar-refractivity contribution in [3.63, 3.8) is 0 Å². The van der Waals surface area contributed by atoms with Gasteiger partial charge < -0.3 is 14.8 Å². The van der Waals surface area contributed by atoms with E-state index in [0.29, 0.717) is 19.6 Å². The number of aliphatic hydroxyl groups is 1. The van der Waals surface area contributed by atoms with Gasteiger partial charge in [0.25, 0.3) is 8.32 Å². The molecule has 0 bridgehead atoms. The van der Waals surface area contributed by atoms with Crippen LogP contribution >= 0.6 is 0 Å². The maximum Gasteiger partial charge on any atom is 0.261 e. The molecule has 2 atom stereocenters. The first-order valence-electron chi connectivity index (χ1n) is 12.9. The molecule has 3 rings (SSSR count). The summed E-state index contributed by atoms with van der Waals surface area (Å²) < 4.78 is 6.98. The Kier molecular flexibility index (Phi) is 10.4. The van der Waals surface area contributed by atoms with Crippen molar-refractivity contribution in [2.75, 3.05) is 13.2 Å². The van der Waals surface area contributed by atoms with Crippen LogP contribution < -0.4 is 15.7 Å². The SMILES string of the molecule is C=CCN[C@H](/C=C/c1ccccc1)[C@@H](O)CCCO[Si](c1ccccc1)(c1ccccc1)C(C)(C)C. The van der Waals surface area contributed by atoms with E-state index in [1.54, 1.807) is 0 Å². The Morgan fingerprint density at radius 3 is 1.92 bits per heavy atom. The third-order valence-electron chi connectivity index (χ3n) is 6.59. The minimum absolute atomic E-state index is 0.0548. The van der Waals surface area contributed by atoms with Crippen molar-refractivity contribution in [2.45, 2.75) is 50.8 Å². The average molecular weight is 500 g/mol. The van der Waals surface area contributed by atoms with Gasteiger partial charge >= 0.3 is 0 Å². The lowest BCUT2D eigenvalue weighted by Crippen LogP contribution is -2.66. The van der Waals surface area contributed by atoms with Gasteiger partial charge in [-0.15, -0.1) is 6.58 Å². The fraction of sp³-hybridized carbons (Fsp3) is 0.312. The van der Waals surface area contributed by atoms with Crippen LogP contribution in [0.1, 0.15) is 39.2 Å². The molecular formula is C32H41NO2Si. The predicted molar refractivity (Wildman–Crippen MR) is 156 cm³/mol. The van der Waals surface area contributed by atoms with Crippen LogP contribution in [0.3, 0.4) is 0 Å². The average Bonchev–Trinajstić information content (AvgIpc) is 2.89. The van der Waals surface area contributed by atoms with Gasteiger partial charge in [-0.05, 0) is 33.8 Å². The van der Waals surface area contributed by atoms with Gasteiger partial charge in [-0.1, -0.05) is 130 Å². The first-order chi connectivity index (χ1) is 17.4. The van der Waals surface area contributed by atoms with Crippen LogP contribution in [0, 0.1) is 0 Å². The van der Waals surface area contributed by atoms with Crippen molar-refractivity contribution in [2.24, 2.45) is 0 Å². The summed E-state index contributed by atoms with van der Waals surface area (Å²) in [5.74, 6) is 0. The summed E-state index contributed by atoms with van der Waals surface area (Å²) in [6.45, 7) is 11.9. The molecule has 0 spiro atoms. The van der Waals surface area contributed by atoms with E-state index in [-0.39, 0.29) is 11.1 Å². The van der Waals surface area contributed by atoms with Crippen molar-refractivity contribution in [3.8, 4) is 0 Å². The van der Waals surface area contributed by atoms with Gasteiger partial charge in [0, 0.05) is 13.2 Å². The van der Waals surface area contributed by atoms with E-state index in [9.17, 15) is 5.11 Å². The van der Waals surface area contributed by atoms with Gasteiger partial charge in [0.2, 0.25) is 0 Å². The lowest BCUT2D eigenvalue weighted by molar-refractivity contribution is 0.127. The van der Waals surface area contributed by atoms with E-state index >= 15 is 0 Å². The molecule has 2 N–H and O–H groups in total. The second-order valence-corrected chi connectivity index (χ2v) is 14.5. The van der Waals surface area contributed by atoms with E-state index in [0.717, 1.165) is 12.0 Å². The first kappa shape index (κ1) is 27.8. The van der Waals surface area contributed by atoms with E-state index < -0.39 is 14.4 Å². The number of aliphatic hydroxyl groups excluding tert-OH is 1. The maximum atomic E-state index is 11.0. The molecule has 3 aromatic rings. The molecule has 0 saturated carbocycles. The zero-order valence-electron chi connectivity index (χ0n) is 21.9. The molecule has 4 heteroatoms. The van der Waals surface area contributed by atoms with E-state index in [1.165, 1.54) is 10.4 Å². The molecule has 0 unspecified atom stereocenters. The normalized spacial score (nSPS) is 14.0. The van der Waals surface area contributed by atoms with Crippen LogP contribution in [-0.4, -0.2) is 38.7 Å². The summed E-state index contributed by atoms with van der Waals surface area (Å²) in [4.78, 5) is 0. The molecule has 0 aliphatic carbocycles. The second kappa shape index (κ2) is 13.5. The highest BCUT2D eigenvalue weighted by molar-refractivity contribution is 6.99. The largest absolute Gasteiger partial charge is 0.407 e. The third-order valence-corrected chi connectivity index (χ3v) is 11.6. The van der Waals surface area contributed by atoms with Crippen LogP contribution in [0.25, 0.3) is 6.08 Å². The lowest BCUT2D eigenvalue weighted by atomic mass is 10.0. The molecule has 0 aliphatic heterocycles. The molecule has 0 aromatic heterocycles. The summed E-state index contributed by atoms with van der Waals surface area (Å²) in [5.41, 5.74) is 1.12. The Labute approximate surface area is 218 Å². The molecule has 0 fully saturated rings. The Bertz CT molecular complexity index is 1020. The summed E-state index contributed by atoms with van der Waals surface area (Å²) in [6, 6.07) is 31.4. The van der Waals surface area contributed by atoms with E-state index in [4.69, 9.17) is 4.43 Å². The number of benzene rings is 3. The predicted octanol–water partition coefficient (Wildman–Crippen LogP) is 5.56. The molecule has 0 amide bonds. The zero-order chi connectivity index (χ0) is 25.9. The molecule has 36 heavy (non-hydrogen) atoms. The van der Waals surface area contributed by atoms with Crippen LogP contribution in [-0.2, 0) is 4.43 Å². The molecular weight excluding hydrogens is 458 g/mol. The molecule has 0 saturated heterocycles. The van der Waals surface area contributed by atoms with Crippen molar-refractivity contribution in [1.29, 1.82) is 0 Å². The number of hydrogen-bond acceptors (Lipinski definition) is 3. The van der Waals surface area contributed by atoms with Gasteiger partial charge in [-0.2, -0.15) is 0 Å². The van der Waals surface area contributed by atoms with Crippen LogP contribution in [0.2, 0.25) is 5.04 Å². The highest BCUT2D eigenvalue weighted by Gasteiger charge is 2.49. The van der Waals surface area contributed by atoms with Gasteiger partial charge in [0.1, 0.15) is 0 Å². The molecule has 3 nitrogen and oxygen atoms in total. The maximum absolute atomic E-state index is 11.0. The molecule has 0 heterocycles. The molecule has 190 valence electrons. The van der Waals surface area contributed by atoms with Gasteiger partial charge in [0.05, 0.1) is 12.1 Å². The Morgan fingerprint density at radius 1 is 0.889 bits per heavy atom. The topological polar surface area (TPSA) is 41.5 Å². The number of nitrogens with one attached hydrogen (secondary N) is 1. The summed E-state index contributed by atoms with van der Waals surface area (Å²) in [6.07, 6.45) is 6.83. The standard InChI is InChI=1S/C32H41NO2Si/c1-5-25-33-30(24-23-27-16-9-6-10-17-27)31(34)22-15-26-35-36(32(2,3)4,28-18-11-7-12-19-28)29-20-13-8-14-21-29/h5-14,16-21,23-24,30-31,33-34H,1,15,22,25-26H2,2-4H3/b24-23+/t30-,31+/m1/s1.